The third-order valence-electron chi connectivity index (χ3n) is 4.34. The minimum atomic E-state index is -0.0555. The summed E-state index contributed by atoms with van der Waals surface area (Å²) in [6.45, 7) is 5.01. The van der Waals surface area contributed by atoms with Crippen LogP contribution in [0.4, 0.5) is 0 Å². The van der Waals surface area contributed by atoms with Gasteiger partial charge in [0, 0.05) is 25.1 Å². The van der Waals surface area contributed by atoms with E-state index in [0.717, 1.165) is 31.5 Å². The van der Waals surface area contributed by atoms with Gasteiger partial charge in [0.15, 0.2) is 6.29 Å². The Balaban J connectivity index is 1.51. The minimum absolute atomic E-state index is 0.0555. The first-order chi connectivity index (χ1) is 10.7. The lowest BCUT2D eigenvalue weighted by atomic mass is 9.96. The van der Waals surface area contributed by atoms with Crippen molar-refractivity contribution in [1.29, 1.82) is 0 Å². The van der Waals surface area contributed by atoms with Crippen molar-refractivity contribution in [2.24, 2.45) is 5.92 Å². The fourth-order valence-electron chi connectivity index (χ4n) is 3.09. The van der Waals surface area contributed by atoms with Crippen LogP contribution >= 0.6 is 0 Å². The van der Waals surface area contributed by atoms with Gasteiger partial charge in [0.25, 0.3) is 0 Å². The maximum atomic E-state index is 12.3. The van der Waals surface area contributed by atoms with Crippen LogP contribution < -0.4 is 0 Å². The zero-order valence-electron chi connectivity index (χ0n) is 13.0. The summed E-state index contributed by atoms with van der Waals surface area (Å²) in [4.78, 5) is 14.2. The molecule has 0 N–H and O–H groups in total. The number of carbonyl (C=O) groups is 1. The number of nitrogens with zero attached hydrogens (tertiary/aromatic N) is 1. The van der Waals surface area contributed by atoms with Crippen molar-refractivity contribution in [1.82, 2.24) is 4.90 Å². The highest BCUT2D eigenvalue weighted by Gasteiger charge is 2.31. The molecular weight excluding hydrogens is 278 g/mol. The third-order valence-corrected chi connectivity index (χ3v) is 4.34. The number of hydrogen-bond donors (Lipinski definition) is 0. The number of hydrogen-bond acceptors (Lipinski definition) is 3. The Bertz CT molecular complexity index is 541. The number of aryl methyl sites for hydroxylation is 1. The summed E-state index contributed by atoms with van der Waals surface area (Å²) in [6, 6.07) is 8.15. The summed E-state index contributed by atoms with van der Waals surface area (Å²) < 4.78 is 11.1. The number of benzene rings is 1. The second-order valence-corrected chi connectivity index (χ2v) is 6.02. The van der Waals surface area contributed by atoms with E-state index in [4.69, 9.17) is 9.47 Å². The second-order valence-electron chi connectivity index (χ2n) is 6.02. The molecule has 3 rings (SSSR count). The highest BCUT2D eigenvalue weighted by atomic mass is 16.7. The first-order valence-electron chi connectivity index (χ1n) is 7.99. The Morgan fingerprint density at radius 2 is 1.95 bits per heavy atom. The smallest absolute Gasteiger partial charge is 0.246 e. The number of piperidine rings is 1. The standard InChI is InChI=1S/C18H23NO3/c1-14-3-2-4-15(13-14)5-6-17(20)19-9-7-16(8-10-19)18-21-11-12-22-18/h2-6,13,16,18H,7-12H2,1H3/b6-5+. The van der Waals surface area contributed by atoms with Crippen LogP contribution in [-0.4, -0.2) is 43.4 Å². The summed E-state index contributed by atoms with van der Waals surface area (Å²) in [5.74, 6) is 0.514. The number of likely N-dealkylation sites (tertiary alicyclic amines) is 1. The van der Waals surface area contributed by atoms with Gasteiger partial charge in [-0.3, -0.25) is 4.79 Å². The molecule has 0 spiro atoms. The monoisotopic (exact) mass is 301 g/mol. The molecule has 2 aliphatic rings. The third kappa shape index (κ3) is 3.76. The highest BCUT2D eigenvalue weighted by molar-refractivity contribution is 5.91. The quantitative estimate of drug-likeness (QED) is 0.806. The Morgan fingerprint density at radius 1 is 1.23 bits per heavy atom. The fourth-order valence-corrected chi connectivity index (χ4v) is 3.09. The van der Waals surface area contributed by atoms with Crippen LogP contribution in [0.3, 0.4) is 0 Å². The van der Waals surface area contributed by atoms with Crippen LogP contribution in [0.2, 0.25) is 0 Å². The van der Waals surface area contributed by atoms with Crippen LogP contribution in [0.15, 0.2) is 30.3 Å². The molecule has 22 heavy (non-hydrogen) atoms. The zero-order valence-corrected chi connectivity index (χ0v) is 13.0. The lowest BCUT2D eigenvalue weighted by Crippen LogP contribution is -2.40. The Morgan fingerprint density at radius 3 is 2.64 bits per heavy atom. The Kier molecular flexibility index (Phi) is 4.90. The predicted octanol–water partition coefficient (Wildman–Crippen LogP) is 2.62. The lowest BCUT2D eigenvalue weighted by Gasteiger charge is -2.33. The molecule has 0 bridgehead atoms. The van der Waals surface area contributed by atoms with E-state index in [0.29, 0.717) is 19.1 Å². The van der Waals surface area contributed by atoms with E-state index in [1.807, 2.05) is 23.1 Å². The van der Waals surface area contributed by atoms with Crippen LogP contribution in [0.25, 0.3) is 6.08 Å². The van der Waals surface area contributed by atoms with E-state index in [9.17, 15) is 4.79 Å². The van der Waals surface area contributed by atoms with E-state index in [2.05, 4.69) is 19.1 Å². The number of ether oxygens (including phenoxy) is 2. The van der Waals surface area contributed by atoms with Crippen molar-refractivity contribution in [2.45, 2.75) is 26.1 Å². The van der Waals surface area contributed by atoms with Gasteiger partial charge in [-0.15, -0.1) is 0 Å². The van der Waals surface area contributed by atoms with Crippen molar-refractivity contribution in [3.05, 3.63) is 41.5 Å². The van der Waals surface area contributed by atoms with E-state index >= 15 is 0 Å². The molecule has 1 amide bonds. The largest absolute Gasteiger partial charge is 0.350 e. The molecule has 0 aromatic heterocycles. The van der Waals surface area contributed by atoms with Gasteiger partial charge in [-0.1, -0.05) is 29.8 Å². The summed E-state index contributed by atoms with van der Waals surface area (Å²) in [5, 5.41) is 0. The first kappa shape index (κ1) is 15.3. The van der Waals surface area contributed by atoms with Crippen LogP contribution in [-0.2, 0) is 14.3 Å². The number of rotatable bonds is 3. The zero-order chi connectivity index (χ0) is 15.4. The molecule has 1 aromatic carbocycles. The molecule has 2 saturated heterocycles. The molecule has 0 saturated carbocycles. The van der Waals surface area contributed by atoms with Crippen LogP contribution in [0.5, 0.6) is 0 Å². The molecule has 4 nitrogen and oxygen atoms in total. The van der Waals surface area contributed by atoms with Crippen LogP contribution in [0.1, 0.15) is 24.0 Å². The highest BCUT2D eigenvalue weighted by Crippen LogP contribution is 2.25. The minimum Gasteiger partial charge on any atom is -0.350 e. The average Bonchev–Trinajstić information content (AvgIpc) is 3.07. The fraction of sp³-hybridized carbons (Fsp3) is 0.500. The van der Waals surface area contributed by atoms with Crippen LogP contribution in [0, 0.1) is 12.8 Å². The maximum Gasteiger partial charge on any atom is 0.246 e. The predicted molar refractivity (Wildman–Crippen MR) is 85.2 cm³/mol. The molecule has 0 aliphatic carbocycles. The summed E-state index contributed by atoms with van der Waals surface area (Å²) in [7, 11) is 0. The molecule has 2 fully saturated rings. The van der Waals surface area contributed by atoms with Crippen molar-refractivity contribution < 1.29 is 14.3 Å². The molecule has 0 radical (unpaired) electrons. The Hall–Kier alpha value is -1.65. The molecule has 2 aliphatic heterocycles. The molecule has 1 aromatic rings. The van der Waals surface area contributed by atoms with Crippen molar-refractivity contribution in [3.8, 4) is 0 Å². The molecule has 118 valence electrons. The molecular formula is C18H23NO3. The lowest BCUT2D eigenvalue weighted by molar-refractivity contribution is -0.131. The van der Waals surface area contributed by atoms with Gasteiger partial charge in [-0.05, 0) is 31.4 Å². The van der Waals surface area contributed by atoms with Gasteiger partial charge >= 0.3 is 0 Å². The van der Waals surface area contributed by atoms with Gasteiger partial charge in [0.05, 0.1) is 13.2 Å². The molecule has 0 atom stereocenters. The van der Waals surface area contributed by atoms with E-state index in [1.165, 1.54) is 5.56 Å². The van der Waals surface area contributed by atoms with Crippen molar-refractivity contribution in [3.63, 3.8) is 0 Å². The number of carbonyl (C=O) groups excluding carboxylic acids is 1. The summed E-state index contributed by atoms with van der Waals surface area (Å²) >= 11 is 0. The average molecular weight is 301 g/mol. The van der Waals surface area contributed by atoms with E-state index < -0.39 is 0 Å². The van der Waals surface area contributed by atoms with Crippen molar-refractivity contribution in [2.75, 3.05) is 26.3 Å². The number of amides is 1. The topological polar surface area (TPSA) is 38.8 Å². The Labute approximate surface area is 131 Å². The van der Waals surface area contributed by atoms with E-state index in [1.54, 1.807) is 6.08 Å². The van der Waals surface area contributed by atoms with Gasteiger partial charge in [-0.25, -0.2) is 0 Å². The van der Waals surface area contributed by atoms with Gasteiger partial charge in [0.2, 0.25) is 5.91 Å². The van der Waals surface area contributed by atoms with E-state index in [-0.39, 0.29) is 12.2 Å². The van der Waals surface area contributed by atoms with Gasteiger partial charge < -0.3 is 14.4 Å². The summed E-state index contributed by atoms with van der Waals surface area (Å²) in [5.41, 5.74) is 2.27. The first-order valence-corrected chi connectivity index (χ1v) is 7.99. The SMILES string of the molecule is Cc1cccc(/C=C/C(=O)N2CCC(C3OCCO3)CC2)c1. The second kappa shape index (κ2) is 7.07. The van der Waals surface area contributed by atoms with Crippen molar-refractivity contribution >= 4 is 12.0 Å². The maximum absolute atomic E-state index is 12.3. The molecule has 2 heterocycles. The summed E-state index contributed by atoms with van der Waals surface area (Å²) in [6.07, 6.45) is 5.42. The van der Waals surface area contributed by atoms with Gasteiger partial charge in [0.1, 0.15) is 0 Å². The molecule has 0 unspecified atom stereocenters. The van der Waals surface area contributed by atoms with Gasteiger partial charge in [-0.2, -0.15) is 0 Å². The normalized spacial score (nSPS) is 20.9. The molecule has 4 heteroatoms.